The molecule has 0 aromatic carbocycles. The number of ketones is 1. The summed E-state index contributed by atoms with van der Waals surface area (Å²) in [4.78, 5) is 26.9. The molecule has 3 saturated carbocycles. The van der Waals surface area contributed by atoms with Crippen LogP contribution in [0, 0.1) is 34.5 Å². The van der Waals surface area contributed by atoms with Crippen molar-refractivity contribution in [1.82, 2.24) is 0 Å². The van der Waals surface area contributed by atoms with Crippen LogP contribution in [0.4, 0.5) is 0 Å². The lowest BCUT2D eigenvalue weighted by molar-refractivity contribution is -0.162. The molecule has 3 fully saturated rings. The van der Waals surface area contributed by atoms with Crippen LogP contribution < -0.4 is 0 Å². The number of carbonyl (C=O) groups excluding carboxylic acids is 2. The summed E-state index contributed by atoms with van der Waals surface area (Å²) in [5, 5.41) is 44.4. The molecule has 0 aromatic heterocycles. The van der Waals surface area contributed by atoms with Gasteiger partial charge in [-0.15, -0.1) is 0 Å². The predicted molar refractivity (Wildman–Crippen MR) is 208 cm³/mol. The highest BCUT2D eigenvalue weighted by Gasteiger charge is 2.67. The second kappa shape index (κ2) is 18.9. The molecule has 0 aliphatic heterocycles. The number of ether oxygens (including phenoxy) is 1. The van der Waals surface area contributed by atoms with Crippen LogP contribution in [0.15, 0.2) is 23.8 Å². The van der Waals surface area contributed by atoms with Crippen LogP contribution in [-0.2, 0) is 14.3 Å². The van der Waals surface area contributed by atoms with Crippen molar-refractivity contribution in [2.45, 2.75) is 212 Å². The van der Waals surface area contributed by atoms with Crippen molar-refractivity contribution in [3.05, 3.63) is 23.8 Å². The van der Waals surface area contributed by atoms with E-state index in [0.29, 0.717) is 32.1 Å². The van der Waals surface area contributed by atoms with Gasteiger partial charge >= 0.3 is 5.97 Å². The highest BCUT2D eigenvalue weighted by atomic mass is 16.5. The minimum atomic E-state index is -1.16. The molecule has 0 amide bonds. The van der Waals surface area contributed by atoms with Crippen molar-refractivity contribution in [1.29, 1.82) is 0 Å². The number of aliphatic hydroxyl groups excluding tert-OH is 2. The third-order valence-electron chi connectivity index (χ3n) is 14.4. The molecule has 298 valence electrons. The summed E-state index contributed by atoms with van der Waals surface area (Å²) in [6.07, 6.45) is 24.9. The monoisotopic (exact) mass is 729 g/mol. The normalized spacial score (nSPS) is 34.4. The molecule has 4 aliphatic carbocycles. The Morgan fingerprint density at radius 2 is 1.54 bits per heavy atom. The molecule has 4 aliphatic rings. The zero-order valence-electron chi connectivity index (χ0n) is 33.8. The van der Waals surface area contributed by atoms with Crippen molar-refractivity contribution in [2.75, 3.05) is 0 Å². The Morgan fingerprint density at radius 1 is 0.923 bits per heavy atom. The van der Waals surface area contributed by atoms with E-state index in [1.807, 2.05) is 0 Å². The van der Waals surface area contributed by atoms with Gasteiger partial charge in [0.25, 0.3) is 0 Å². The number of hydrogen-bond acceptors (Lipinski definition) is 7. The molecule has 0 aromatic rings. The van der Waals surface area contributed by atoms with Gasteiger partial charge in [-0.3, -0.25) is 9.59 Å². The third kappa shape index (κ3) is 10.2. The first-order valence-electron chi connectivity index (χ1n) is 21.5. The predicted octanol–water partition coefficient (Wildman–Crippen LogP) is 9.33. The lowest BCUT2D eigenvalue weighted by Gasteiger charge is -2.60. The van der Waals surface area contributed by atoms with Gasteiger partial charge in [-0.25, -0.2) is 0 Å². The second-order valence-electron chi connectivity index (χ2n) is 18.7. The van der Waals surface area contributed by atoms with Gasteiger partial charge in [0.15, 0.2) is 5.78 Å². The molecular weight excluding hydrogens is 652 g/mol. The van der Waals surface area contributed by atoms with Gasteiger partial charge in [0.1, 0.15) is 6.10 Å². The van der Waals surface area contributed by atoms with E-state index in [1.165, 1.54) is 57.8 Å². The summed E-state index contributed by atoms with van der Waals surface area (Å²) in [5.41, 5.74) is -2.24. The van der Waals surface area contributed by atoms with Crippen molar-refractivity contribution >= 4 is 11.8 Å². The number of esters is 1. The number of aliphatic hydroxyl groups is 4. The maximum Gasteiger partial charge on any atom is 0.306 e. The molecular formula is C45H76O7. The highest BCUT2D eigenvalue weighted by Crippen LogP contribution is 2.68. The molecule has 10 atom stereocenters. The van der Waals surface area contributed by atoms with Crippen LogP contribution in [-0.4, -0.2) is 61.7 Å². The maximum absolute atomic E-state index is 13.6. The van der Waals surface area contributed by atoms with Crippen molar-refractivity contribution in [3.8, 4) is 0 Å². The molecule has 0 heterocycles. The molecule has 0 bridgehead atoms. The summed E-state index contributed by atoms with van der Waals surface area (Å²) in [6, 6.07) is 0. The number of hydrogen-bond donors (Lipinski definition) is 4. The lowest BCUT2D eigenvalue weighted by atomic mass is 9.46. The molecule has 7 heteroatoms. The first-order valence-corrected chi connectivity index (χ1v) is 21.5. The van der Waals surface area contributed by atoms with Gasteiger partial charge in [-0.05, 0) is 132 Å². The maximum atomic E-state index is 13.6. The fourth-order valence-electron chi connectivity index (χ4n) is 11.0. The first kappa shape index (κ1) is 43.2. The Morgan fingerprint density at radius 3 is 2.17 bits per heavy atom. The molecule has 4 rings (SSSR count). The fourth-order valence-corrected chi connectivity index (χ4v) is 11.0. The van der Waals surface area contributed by atoms with E-state index in [2.05, 4.69) is 39.8 Å². The first-order chi connectivity index (χ1) is 24.6. The summed E-state index contributed by atoms with van der Waals surface area (Å²) >= 11 is 0. The molecule has 0 spiro atoms. The van der Waals surface area contributed by atoms with E-state index in [-0.39, 0.29) is 47.9 Å². The topological polar surface area (TPSA) is 124 Å². The van der Waals surface area contributed by atoms with Gasteiger partial charge < -0.3 is 25.2 Å². The van der Waals surface area contributed by atoms with Crippen LogP contribution in [0.2, 0.25) is 0 Å². The Hall–Kier alpha value is -1.54. The van der Waals surface area contributed by atoms with Gasteiger partial charge in [-0.2, -0.15) is 0 Å². The standard InChI is InChI=1S/C45H76O7/c1-7-8-9-10-11-12-13-14-15-16-17-18-19-20-21-22-41(49)52-40(25-26-42(3,4)50)32(2)33-24-28-45(51)35-29-37(46)36-30-38(47)39(48)31-43(36,5)34(35)23-27-44(33,45)6/h14-15,29,32-34,36,38-40,47-48,50-51H,7-13,16-28,30-31H2,1-6H3/b15-14-/t32-,33+,34-,36-,38+,39-,40+,43+,44+,45+/m0/s1. The smallest absolute Gasteiger partial charge is 0.306 e. The van der Waals surface area contributed by atoms with Gasteiger partial charge in [0, 0.05) is 17.8 Å². The number of carbonyl (C=O) groups is 2. The minimum Gasteiger partial charge on any atom is -0.462 e. The quantitative estimate of drug-likeness (QED) is 0.0528. The number of fused-ring (bicyclic) bond motifs is 5. The third-order valence-corrected chi connectivity index (χ3v) is 14.4. The zero-order chi connectivity index (χ0) is 38.2. The average Bonchev–Trinajstić information content (AvgIpc) is 3.36. The molecule has 0 unspecified atom stereocenters. The van der Waals surface area contributed by atoms with Crippen LogP contribution in [0.1, 0.15) is 183 Å². The van der Waals surface area contributed by atoms with Crippen LogP contribution in [0.25, 0.3) is 0 Å². The summed E-state index contributed by atoms with van der Waals surface area (Å²) in [5.74, 6) is -0.564. The summed E-state index contributed by atoms with van der Waals surface area (Å²) < 4.78 is 6.27. The van der Waals surface area contributed by atoms with E-state index in [1.54, 1.807) is 19.9 Å². The largest absolute Gasteiger partial charge is 0.462 e. The number of unbranched alkanes of at least 4 members (excludes halogenated alkanes) is 11. The fraction of sp³-hybridized carbons (Fsp3) is 0.867. The van der Waals surface area contributed by atoms with Crippen LogP contribution >= 0.6 is 0 Å². The van der Waals surface area contributed by atoms with Gasteiger partial charge in [-0.1, -0.05) is 91.2 Å². The van der Waals surface area contributed by atoms with Crippen molar-refractivity contribution in [3.63, 3.8) is 0 Å². The lowest BCUT2D eigenvalue weighted by Crippen LogP contribution is -2.61. The SMILES string of the molecule is CCCCCCCC/C=C\CCCCCCCC(=O)O[C@H](CCC(C)(C)O)[C@@H](C)[C@H]1CC[C@@]2(O)C3=CC(=O)[C@@H]4C[C@@H](O)[C@@H](O)C[C@]4(C)[C@H]3CC[C@]12C. The van der Waals surface area contributed by atoms with Crippen molar-refractivity contribution < 1.29 is 34.8 Å². The van der Waals surface area contributed by atoms with Gasteiger partial charge in [0.05, 0.1) is 23.4 Å². The average molecular weight is 729 g/mol. The Kier molecular flexibility index (Phi) is 15.7. The highest BCUT2D eigenvalue weighted by molar-refractivity contribution is 5.95. The zero-order valence-corrected chi connectivity index (χ0v) is 33.8. The molecule has 4 N–H and O–H groups in total. The Bertz CT molecular complexity index is 1220. The Labute approximate surface area is 316 Å². The van der Waals surface area contributed by atoms with Crippen LogP contribution in [0.5, 0.6) is 0 Å². The van der Waals surface area contributed by atoms with E-state index in [0.717, 1.165) is 50.5 Å². The van der Waals surface area contributed by atoms with Crippen LogP contribution in [0.3, 0.4) is 0 Å². The molecule has 52 heavy (non-hydrogen) atoms. The van der Waals surface area contributed by atoms with Gasteiger partial charge in [0.2, 0.25) is 0 Å². The minimum absolute atomic E-state index is 0.0281. The van der Waals surface area contributed by atoms with E-state index in [4.69, 9.17) is 4.74 Å². The molecule has 0 saturated heterocycles. The summed E-state index contributed by atoms with van der Waals surface area (Å²) in [6.45, 7) is 12.2. The molecule has 0 radical (unpaired) electrons. The van der Waals surface area contributed by atoms with E-state index in [9.17, 15) is 30.0 Å². The summed E-state index contributed by atoms with van der Waals surface area (Å²) in [7, 11) is 0. The van der Waals surface area contributed by atoms with Crippen molar-refractivity contribution in [2.24, 2.45) is 34.5 Å². The molecule has 7 nitrogen and oxygen atoms in total. The van der Waals surface area contributed by atoms with E-state index >= 15 is 0 Å². The van der Waals surface area contributed by atoms with E-state index < -0.39 is 34.2 Å². The second-order valence-corrected chi connectivity index (χ2v) is 18.7. The number of rotatable bonds is 21. The Balaban J connectivity index is 1.30. The number of allylic oxidation sites excluding steroid dienone is 3.